The summed E-state index contributed by atoms with van der Waals surface area (Å²) in [7, 11) is 0. The zero-order valence-corrected chi connectivity index (χ0v) is 13.3. The molecule has 2 aromatic carbocycles. The van der Waals surface area contributed by atoms with Gasteiger partial charge in [0.25, 0.3) is 5.69 Å². The second-order valence-electron chi connectivity index (χ2n) is 4.99. The second-order valence-corrected chi connectivity index (χ2v) is 5.42. The van der Waals surface area contributed by atoms with Crippen LogP contribution in [0.25, 0.3) is 0 Å². The molecule has 1 heterocycles. The van der Waals surface area contributed by atoms with E-state index in [0.29, 0.717) is 10.6 Å². The number of ether oxygens (including phenoxy) is 3. The topological polar surface area (TPSA) is 105 Å². The highest BCUT2D eigenvalue weighted by Crippen LogP contribution is 2.38. The number of esters is 1. The van der Waals surface area contributed by atoms with Crippen LogP contribution in [0.2, 0.25) is 5.02 Å². The number of hydrogen-bond acceptors (Lipinski definition) is 7. The fourth-order valence-electron chi connectivity index (χ4n) is 2.17. The molecule has 1 aliphatic rings. The van der Waals surface area contributed by atoms with Gasteiger partial charge in [-0.1, -0.05) is 11.6 Å². The van der Waals surface area contributed by atoms with Crippen molar-refractivity contribution in [3.05, 3.63) is 62.7 Å². The predicted molar refractivity (Wildman–Crippen MR) is 85.3 cm³/mol. The number of hydrogen-bond donors (Lipinski definition) is 0. The first-order valence-electron chi connectivity index (χ1n) is 6.99. The summed E-state index contributed by atoms with van der Waals surface area (Å²) in [4.78, 5) is 34.6. The van der Waals surface area contributed by atoms with E-state index >= 15 is 0 Å². The van der Waals surface area contributed by atoms with Crippen LogP contribution < -0.4 is 9.47 Å². The molecule has 1 aliphatic heterocycles. The largest absolute Gasteiger partial charge is 0.454 e. The number of carbonyl (C=O) groups is 2. The minimum atomic E-state index is -1.01. The Hall–Kier alpha value is -3.13. The SMILES string of the molecule is O=C(COC(=O)c1cc2c(cc1[N+](=O)[O-])OCO2)c1ccc(Cl)cc1. The molecule has 0 N–H and O–H groups in total. The summed E-state index contributed by atoms with van der Waals surface area (Å²) in [6.07, 6.45) is 0. The number of ketones is 1. The lowest BCUT2D eigenvalue weighted by atomic mass is 10.1. The molecule has 0 amide bonds. The standard InChI is InChI=1S/C16H10ClNO7/c17-10-3-1-9(2-4-10)13(19)7-23-16(20)11-5-14-15(25-8-24-14)6-12(11)18(21)22/h1-6H,7-8H2. The highest BCUT2D eigenvalue weighted by atomic mass is 35.5. The number of nitro groups is 1. The normalized spacial score (nSPS) is 11.9. The molecule has 0 spiro atoms. The van der Waals surface area contributed by atoms with Crippen LogP contribution in [-0.4, -0.2) is 30.1 Å². The molecule has 0 bridgehead atoms. The van der Waals surface area contributed by atoms with E-state index in [4.69, 9.17) is 25.8 Å². The summed E-state index contributed by atoms with van der Waals surface area (Å²) in [5, 5.41) is 11.6. The molecule has 0 aromatic heterocycles. The Morgan fingerprint density at radius 1 is 1.16 bits per heavy atom. The van der Waals surface area contributed by atoms with Gasteiger partial charge in [-0.25, -0.2) is 4.79 Å². The fourth-order valence-corrected chi connectivity index (χ4v) is 2.30. The molecular formula is C16H10ClNO7. The third-order valence-corrected chi connectivity index (χ3v) is 3.66. The van der Waals surface area contributed by atoms with Crippen molar-refractivity contribution in [2.45, 2.75) is 0 Å². The van der Waals surface area contributed by atoms with Crippen molar-refractivity contribution >= 4 is 29.0 Å². The summed E-state index contributed by atoms with van der Waals surface area (Å²) in [6, 6.07) is 8.27. The highest BCUT2D eigenvalue weighted by molar-refractivity contribution is 6.30. The number of rotatable bonds is 5. The molecule has 25 heavy (non-hydrogen) atoms. The predicted octanol–water partition coefficient (Wildman–Crippen LogP) is 3.02. The van der Waals surface area contributed by atoms with E-state index in [-0.39, 0.29) is 23.9 Å². The summed E-state index contributed by atoms with van der Waals surface area (Å²) < 4.78 is 15.0. The molecule has 0 radical (unpaired) electrons. The quantitative estimate of drug-likeness (QED) is 0.348. The molecule has 0 aliphatic carbocycles. The Bertz CT molecular complexity index is 864. The van der Waals surface area contributed by atoms with Crippen molar-refractivity contribution < 1.29 is 28.7 Å². The average Bonchev–Trinajstić information content (AvgIpc) is 3.06. The number of fused-ring (bicyclic) bond motifs is 1. The molecule has 8 nitrogen and oxygen atoms in total. The van der Waals surface area contributed by atoms with Crippen molar-refractivity contribution in [2.75, 3.05) is 13.4 Å². The maximum atomic E-state index is 12.2. The maximum absolute atomic E-state index is 12.2. The third kappa shape index (κ3) is 3.53. The number of nitro benzene ring substituents is 1. The van der Waals surface area contributed by atoms with E-state index in [1.165, 1.54) is 24.3 Å². The number of Topliss-reactive ketones (excluding diaryl/α,β-unsaturated/α-hetero) is 1. The molecule has 0 unspecified atom stereocenters. The summed E-state index contributed by atoms with van der Waals surface area (Å²) in [5.74, 6) is -1.11. The number of halogens is 1. The van der Waals surface area contributed by atoms with E-state index in [0.717, 1.165) is 12.1 Å². The van der Waals surface area contributed by atoms with E-state index in [1.54, 1.807) is 0 Å². The first-order valence-corrected chi connectivity index (χ1v) is 7.37. The molecule has 128 valence electrons. The van der Waals surface area contributed by atoms with E-state index < -0.39 is 29.0 Å². The first kappa shape index (κ1) is 16.7. The van der Waals surface area contributed by atoms with Gasteiger partial charge in [-0.2, -0.15) is 0 Å². The summed E-state index contributed by atoms with van der Waals surface area (Å²) in [5.41, 5.74) is -0.510. The first-order chi connectivity index (χ1) is 12.0. The smallest absolute Gasteiger partial charge is 0.345 e. The van der Waals surface area contributed by atoms with Gasteiger partial charge in [0.2, 0.25) is 6.79 Å². The van der Waals surface area contributed by atoms with Gasteiger partial charge in [0.1, 0.15) is 5.56 Å². The summed E-state index contributed by atoms with van der Waals surface area (Å²) in [6.45, 7) is -0.661. The van der Waals surface area contributed by atoms with Crippen LogP contribution in [0.4, 0.5) is 5.69 Å². The Labute approximate surface area is 146 Å². The van der Waals surface area contributed by atoms with Gasteiger partial charge in [-0.3, -0.25) is 14.9 Å². The van der Waals surface area contributed by atoms with Gasteiger partial charge in [0, 0.05) is 16.7 Å². The van der Waals surface area contributed by atoms with Gasteiger partial charge in [0.15, 0.2) is 23.9 Å². The van der Waals surface area contributed by atoms with Crippen LogP contribution >= 0.6 is 11.6 Å². The Morgan fingerprint density at radius 3 is 2.44 bits per heavy atom. The molecule has 2 aromatic rings. The van der Waals surface area contributed by atoms with Crippen LogP contribution in [0.3, 0.4) is 0 Å². The second kappa shape index (κ2) is 6.78. The zero-order chi connectivity index (χ0) is 18.0. The van der Waals surface area contributed by atoms with Crippen LogP contribution in [-0.2, 0) is 4.74 Å². The van der Waals surface area contributed by atoms with E-state index in [2.05, 4.69) is 0 Å². The lowest BCUT2D eigenvalue weighted by Gasteiger charge is -2.06. The minimum absolute atomic E-state index is 0.0972. The third-order valence-electron chi connectivity index (χ3n) is 3.41. The van der Waals surface area contributed by atoms with Crippen LogP contribution in [0, 0.1) is 10.1 Å². The lowest BCUT2D eigenvalue weighted by molar-refractivity contribution is -0.385. The molecule has 0 fully saturated rings. The van der Waals surface area contributed by atoms with Crippen LogP contribution in [0.1, 0.15) is 20.7 Å². The highest BCUT2D eigenvalue weighted by Gasteiger charge is 2.28. The van der Waals surface area contributed by atoms with Crippen molar-refractivity contribution in [3.63, 3.8) is 0 Å². The Morgan fingerprint density at radius 2 is 1.80 bits per heavy atom. The minimum Gasteiger partial charge on any atom is -0.454 e. The molecule has 9 heteroatoms. The Balaban J connectivity index is 1.76. The molecular weight excluding hydrogens is 354 g/mol. The monoisotopic (exact) mass is 363 g/mol. The van der Waals surface area contributed by atoms with Gasteiger partial charge >= 0.3 is 5.97 Å². The molecule has 0 saturated heterocycles. The van der Waals surface area contributed by atoms with Gasteiger partial charge < -0.3 is 14.2 Å². The van der Waals surface area contributed by atoms with Gasteiger partial charge in [-0.05, 0) is 24.3 Å². The average molecular weight is 364 g/mol. The van der Waals surface area contributed by atoms with Crippen LogP contribution in [0.5, 0.6) is 11.5 Å². The van der Waals surface area contributed by atoms with Gasteiger partial charge in [-0.15, -0.1) is 0 Å². The fraction of sp³-hybridized carbons (Fsp3) is 0.125. The molecule has 0 atom stereocenters. The van der Waals surface area contributed by atoms with Crippen molar-refractivity contribution in [1.29, 1.82) is 0 Å². The van der Waals surface area contributed by atoms with Crippen molar-refractivity contribution in [1.82, 2.24) is 0 Å². The van der Waals surface area contributed by atoms with Gasteiger partial charge in [0.05, 0.1) is 11.0 Å². The Kier molecular flexibility index (Phi) is 4.53. The van der Waals surface area contributed by atoms with E-state index in [1.807, 2.05) is 0 Å². The number of nitrogens with zero attached hydrogens (tertiary/aromatic N) is 1. The van der Waals surface area contributed by atoms with Crippen LogP contribution in [0.15, 0.2) is 36.4 Å². The number of benzene rings is 2. The molecule has 3 rings (SSSR count). The maximum Gasteiger partial charge on any atom is 0.345 e. The van der Waals surface area contributed by atoms with Crippen molar-refractivity contribution in [2.24, 2.45) is 0 Å². The van der Waals surface area contributed by atoms with Crippen molar-refractivity contribution in [3.8, 4) is 11.5 Å². The lowest BCUT2D eigenvalue weighted by Crippen LogP contribution is -2.15. The molecule has 0 saturated carbocycles. The zero-order valence-electron chi connectivity index (χ0n) is 12.6. The van der Waals surface area contributed by atoms with E-state index in [9.17, 15) is 19.7 Å². The summed E-state index contributed by atoms with van der Waals surface area (Å²) >= 11 is 5.73. The number of carbonyl (C=O) groups excluding carboxylic acids is 2.